The quantitative estimate of drug-likeness (QED) is 0.606. The Labute approximate surface area is 167 Å². The number of nitrogens with one attached hydrogen (secondary N) is 2. The molecule has 5 nitrogen and oxygen atoms in total. The number of hydrogen-bond acceptors (Lipinski definition) is 3. The van der Waals surface area contributed by atoms with Crippen LogP contribution in [0.25, 0.3) is 0 Å². The Morgan fingerprint density at radius 2 is 1.44 bits per heavy atom. The molecule has 0 saturated carbocycles. The molecule has 0 aliphatic carbocycles. The molecular weight excluding hydrogens is 407 g/mol. The van der Waals surface area contributed by atoms with Gasteiger partial charge in [0.2, 0.25) is 0 Å². The Balaban J connectivity index is 1.83. The predicted octanol–water partition coefficient (Wildman–Crippen LogP) is 5.05. The summed E-state index contributed by atoms with van der Waals surface area (Å²) in [5.74, 6) is -0.481. The molecule has 3 aromatic carbocycles. The number of sulfonamides is 1. The van der Waals surface area contributed by atoms with Crippen LogP contribution in [0.4, 0.5) is 11.4 Å². The molecule has 0 radical (unpaired) electrons. The molecule has 0 aliphatic heterocycles. The number of carbonyl (C=O) groups excluding carboxylic acids is 1. The van der Waals surface area contributed by atoms with Crippen LogP contribution in [0.15, 0.2) is 77.7 Å². The summed E-state index contributed by atoms with van der Waals surface area (Å²) in [5.41, 5.74) is 1.02. The summed E-state index contributed by atoms with van der Waals surface area (Å²) in [6, 6.07) is 18.9. The molecular formula is C19H14Cl2N2O3S. The van der Waals surface area contributed by atoms with Crippen molar-refractivity contribution in [3.05, 3.63) is 88.4 Å². The van der Waals surface area contributed by atoms with Gasteiger partial charge in [-0.3, -0.25) is 9.52 Å². The van der Waals surface area contributed by atoms with E-state index in [1.165, 1.54) is 24.3 Å². The van der Waals surface area contributed by atoms with E-state index in [9.17, 15) is 13.2 Å². The molecule has 0 aliphatic rings. The van der Waals surface area contributed by atoms with Gasteiger partial charge in [-0.05, 0) is 48.5 Å². The number of carbonyl (C=O) groups is 1. The molecule has 0 saturated heterocycles. The zero-order chi connectivity index (χ0) is 19.4. The van der Waals surface area contributed by atoms with Gasteiger partial charge in [0.05, 0.1) is 4.90 Å². The topological polar surface area (TPSA) is 75.3 Å². The summed E-state index contributed by atoms with van der Waals surface area (Å²) in [4.78, 5) is 12.4. The van der Waals surface area contributed by atoms with E-state index >= 15 is 0 Å². The smallest absolute Gasteiger partial charge is 0.261 e. The van der Waals surface area contributed by atoms with Crippen molar-refractivity contribution in [3.8, 4) is 0 Å². The highest BCUT2D eigenvalue weighted by Gasteiger charge is 2.17. The summed E-state index contributed by atoms with van der Waals surface area (Å²) in [6.45, 7) is 0. The van der Waals surface area contributed by atoms with E-state index in [0.717, 1.165) is 0 Å². The Kier molecular flexibility index (Phi) is 5.70. The highest BCUT2D eigenvalue weighted by atomic mass is 35.5. The first-order chi connectivity index (χ1) is 12.8. The molecule has 27 heavy (non-hydrogen) atoms. The summed E-state index contributed by atoms with van der Waals surface area (Å²) in [7, 11) is -3.83. The third-order valence-corrected chi connectivity index (χ3v) is 5.37. The number of amides is 1. The number of anilines is 2. The second-order valence-corrected chi connectivity index (χ2v) is 8.17. The third-order valence-electron chi connectivity index (χ3n) is 3.55. The standard InChI is InChI=1S/C19H14Cl2N2O3S/c20-14-10-15(21)12-17(11-14)22-19(24)13-5-4-8-18(9-13)27(25,26)23-16-6-2-1-3-7-16/h1-12,23H,(H,22,24). The molecule has 3 aromatic rings. The van der Waals surface area contributed by atoms with Gasteiger partial charge >= 0.3 is 0 Å². The summed E-state index contributed by atoms with van der Waals surface area (Å²) >= 11 is 11.8. The minimum atomic E-state index is -3.83. The van der Waals surface area contributed by atoms with E-state index < -0.39 is 15.9 Å². The highest BCUT2D eigenvalue weighted by Crippen LogP contribution is 2.23. The molecule has 3 rings (SSSR count). The second-order valence-electron chi connectivity index (χ2n) is 5.61. The van der Waals surface area contributed by atoms with Gasteiger partial charge < -0.3 is 5.32 Å². The van der Waals surface area contributed by atoms with Crippen LogP contribution in [0, 0.1) is 0 Å². The van der Waals surface area contributed by atoms with Gasteiger partial charge in [-0.25, -0.2) is 8.42 Å². The lowest BCUT2D eigenvalue weighted by atomic mass is 10.2. The van der Waals surface area contributed by atoms with Crippen molar-refractivity contribution in [1.82, 2.24) is 0 Å². The Morgan fingerprint density at radius 1 is 0.778 bits per heavy atom. The molecule has 0 heterocycles. The maximum atomic E-state index is 12.5. The van der Waals surface area contributed by atoms with Crippen molar-refractivity contribution < 1.29 is 13.2 Å². The highest BCUT2D eigenvalue weighted by molar-refractivity contribution is 7.92. The predicted molar refractivity (Wildman–Crippen MR) is 108 cm³/mol. The summed E-state index contributed by atoms with van der Waals surface area (Å²) in [6.07, 6.45) is 0. The maximum absolute atomic E-state index is 12.5. The van der Waals surface area contributed by atoms with Crippen LogP contribution in [-0.4, -0.2) is 14.3 Å². The SMILES string of the molecule is O=C(Nc1cc(Cl)cc(Cl)c1)c1cccc(S(=O)(=O)Nc2ccccc2)c1. The van der Waals surface area contributed by atoms with Crippen molar-refractivity contribution in [2.24, 2.45) is 0 Å². The van der Waals surface area contributed by atoms with Crippen LogP contribution in [0.5, 0.6) is 0 Å². The summed E-state index contributed by atoms with van der Waals surface area (Å²) < 4.78 is 27.6. The normalized spacial score (nSPS) is 11.0. The summed E-state index contributed by atoms with van der Waals surface area (Å²) in [5, 5.41) is 3.40. The van der Waals surface area contributed by atoms with Crippen molar-refractivity contribution in [1.29, 1.82) is 0 Å². The van der Waals surface area contributed by atoms with Gasteiger partial charge in [-0.15, -0.1) is 0 Å². The first-order valence-electron chi connectivity index (χ1n) is 7.79. The van der Waals surface area contributed by atoms with Crippen molar-refractivity contribution in [2.75, 3.05) is 10.0 Å². The molecule has 0 spiro atoms. The van der Waals surface area contributed by atoms with Gasteiger partial charge in [0.25, 0.3) is 15.9 Å². The van der Waals surface area contributed by atoms with Crippen LogP contribution in [0.3, 0.4) is 0 Å². The number of halogens is 2. The third kappa shape index (κ3) is 5.01. The van der Waals surface area contributed by atoms with Gasteiger partial charge in [0, 0.05) is 27.0 Å². The first kappa shape index (κ1) is 19.2. The van der Waals surface area contributed by atoms with Crippen molar-refractivity contribution >= 4 is 50.5 Å². The number of hydrogen-bond donors (Lipinski definition) is 2. The Bertz CT molecular complexity index is 1070. The van der Waals surface area contributed by atoms with Crippen LogP contribution in [0.2, 0.25) is 10.0 Å². The zero-order valence-corrected chi connectivity index (χ0v) is 16.1. The molecule has 0 fully saturated rings. The molecule has 0 atom stereocenters. The van der Waals surface area contributed by atoms with Gasteiger partial charge in [-0.2, -0.15) is 0 Å². The van der Waals surface area contributed by atoms with E-state index in [1.807, 2.05) is 0 Å². The Hall–Kier alpha value is -2.54. The van der Waals surface area contributed by atoms with Crippen LogP contribution in [0.1, 0.15) is 10.4 Å². The maximum Gasteiger partial charge on any atom is 0.261 e. The first-order valence-corrected chi connectivity index (χ1v) is 10.0. The van der Waals surface area contributed by atoms with Crippen LogP contribution in [-0.2, 0) is 10.0 Å². The minimum Gasteiger partial charge on any atom is -0.322 e. The Morgan fingerprint density at radius 3 is 2.11 bits per heavy atom. The van der Waals surface area contributed by atoms with E-state index in [-0.39, 0.29) is 10.5 Å². The average Bonchev–Trinajstić information content (AvgIpc) is 2.61. The number of para-hydroxylation sites is 1. The van der Waals surface area contributed by atoms with E-state index in [1.54, 1.807) is 48.5 Å². The molecule has 8 heteroatoms. The fourth-order valence-corrected chi connectivity index (χ4v) is 3.98. The average molecular weight is 421 g/mol. The lowest BCUT2D eigenvalue weighted by Gasteiger charge is -2.10. The fourth-order valence-electron chi connectivity index (χ4n) is 2.35. The van der Waals surface area contributed by atoms with E-state index in [0.29, 0.717) is 21.4 Å². The van der Waals surface area contributed by atoms with Gasteiger partial charge in [0.15, 0.2) is 0 Å². The number of rotatable bonds is 5. The number of benzene rings is 3. The van der Waals surface area contributed by atoms with E-state index in [2.05, 4.69) is 10.0 Å². The minimum absolute atomic E-state index is 0.0249. The molecule has 0 unspecified atom stereocenters. The molecule has 0 aromatic heterocycles. The molecule has 1 amide bonds. The second kappa shape index (κ2) is 8.00. The monoisotopic (exact) mass is 420 g/mol. The van der Waals surface area contributed by atoms with Crippen molar-refractivity contribution in [3.63, 3.8) is 0 Å². The van der Waals surface area contributed by atoms with Crippen LogP contribution < -0.4 is 10.0 Å². The molecule has 2 N–H and O–H groups in total. The van der Waals surface area contributed by atoms with Gasteiger partial charge in [-0.1, -0.05) is 47.5 Å². The van der Waals surface area contributed by atoms with E-state index in [4.69, 9.17) is 23.2 Å². The van der Waals surface area contributed by atoms with Gasteiger partial charge in [0.1, 0.15) is 0 Å². The molecule has 138 valence electrons. The largest absolute Gasteiger partial charge is 0.322 e. The molecule has 0 bridgehead atoms. The lowest BCUT2D eigenvalue weighted by Crippen LogP contribution is -2.16. The fraction of sp³-hybridized carbons (Fsp3) is 0. The van der Waals surface area contributed by atoms with Crippen molar-refractivity contribution in [2.45, 2.75) is 4.90 Å². The van der Waals surface area contributed by atoms with Crippen LogP contribution >= 0.6 is 23.2 Å². The zero-order valence-electron chi connectivity index (χ0n) is 13.8. The lowest BCUT2D eigenvalue weighted by molar-refractivity contribution is 0.102.